The van der Waals surface area contributed by atoms with E-state index in [2.05, 4.69) is 4.40 Å². The second-order valence-corrected chi connectivity index (χ2v) is 8.28. The van der Waals surface area contributed by atoms with Crippen molar-refractivity contribution in [2.24, 2.45) is 4.40 Å². The standard InChI is InChI=1S/C14H9ClN2O6S2/c18-15(19,20)23-25-13(10-6-8-12(9-7-10)17(21)22)16-24-14(25)11-4-2-1-3-5-11/h1-9H. The molecular formula is C14H9ClN2O6S2. The molecular weight excluding hydrogens is 392 g/mol. The third-order valence-electron chi connectivity index (χ3n) is 3.03. The average molecular weight is 401 g/mol. The maximum atomic E-state index is 11.1. The molecule has 3 rings (SSSR count). The van der Waals surface area contributed by atoms with Gasteiger partial charge in [0, 0.05) is 29.6 Å². The fourth-order valence-electron chi connectivity index (χ4n) is 1.99. The fourth-order valence-corrected chi connectivity index (χ4v) is 5.70. The maximum Gasteiger partial charge on any atom is 0.269 e. The highest BCUT2D eigenvalue weighted by atomic mass is 35.7. The molecule has 2 aromatic rings. The molecule has 1 aliphatic rings. The van der Waals surface area contributed by atoms with Crippen LogP contribution in [-0.2, 0) is 3.74 Å². The lowest BCUT2D eigenvalue weighted by Crippen LogP contribution is -2.60. The number of rotatable bonds is 5. The Balaban J connectivity index is 2.03. The van der Waals surface area contributed by atoms with E-state index in [0.29, 0.717) is 15.3 Å². The van der Waals surface area contributed by atoms with Gasteiger partial charge in [-0.25, -0.2) is 4.40 Å². The summed E-state index contributed by atoms with van der Waals surface area (Å²) in [6.45, 7) is 0. The van der Waals surface area contributed by atoms with E-state index in [1.807, 2.05) is 0 Å². The molecule has 130 valence electrons. The first-order chi connectivity index (χ1) is 11.8. The van der Waals surface area contributed by atoms with E-state index in [1.165, 1.54) is 24.3 Å². The molecule has 8 nitrogen and oxygen atoms in total. The van der Waals surface area contributed by atoms with Crippen LogP contribution in [0.4, 0.5) is 5.69 Å². The number of nitro benzene ring substituents is 1. The van der Waals surface area contributed by atoms with Crippen LogP contribution in [0.3, 0.4) is 0 Å². The second-order valence-electron chi connectivity index (χ2n) is 4.65. The Bertz CT molecular complexity index is 865. The molecule has 0 saturated carbocycles. The Kier molecular flexibility index (Phi) is 5.20. The molecule has 0 amide bonds. The molecule has 1 heterocycles. The molecule has 0 aliphatic carbocycles. The molecule has 1 unspecified atom stereocenters. The van der Waals surface area contributed by atoms with Crippen LogP contribution in [0.2, 0.25) is 0 Å². The van der Waals surface area contributed by atoms with Crippen LogP contribution in [0.5, 0.6) is 0 Å². The van der Waals surface area contributed by atoms with Crippen molar-refractivity contribution in [1.29, 1.82) is 0 Å². The predicted octanol–water partition coefficient (Wildman–Crippen LogP) is 0.279. The summed E-state index contributed by atoms with van der Waals surface area (Å²) in [7, 11) is -6.22. The minimum atomic E-state index is -4.68. The Labute approximate surface area is 150 Å². The van der Waals surface area contributed by atoms with Crippen LogP contribution >= 0.6 is 22.7 Å². The van der Waals surface area contributed by atoms with Crippen molar-refractivity contribution >= 4 is 37.6 Å². The van der Waals surface area contributed by atoms with E-state index >= 15 is 0 Å². The second kappa shape index (κ2) is 7.22. The number of non-ortho nitro benzene ring substituents is 1. The van der Waals surface area contributed by atoms with Crippen molar-refractivity contribution < 1.29 is 32.9 Å². The highest BCUT2D eigenvalue weighted by molar-refractivity contribution is 8.41. The van der Waals surface area contributed by atoms with E-state index in [0.717, 1.165) is 11.9 Å². The van der Waals surface area contributed by atoms with E-state index in [4.69, 9.17) is 3.74 Å². The van der Waals surface area contributed by atoms with Gasteiger partial charge in [0.2, 0.25) is 0 Å². The van der Waals surface area contributed by atoms with Gasteiger partial charge in [0.05, 0.1) is 15.2 Å². The lowest BCUT2D eigenvalue weighted by atomic mass is 10.2. The zero-order chi connectivity index (χ0) is 18.0. The minimum Gasteiger partial charge on any atom is -0.258 e. The summed E-state index contributed by atoms with van der Waals surface area (Å²) in [5.74, 6) is 0. The minimum absolute atomic E-state index is 0.113. The highest BCUT2D eigenvalue weighted by Crippen LogP contribution is 2.40. The van der Waals surface area contributed by atoms with Gasteiger partial charge in [-0.15, -0.1) is 0 Å². The molecule has 0 spiro atoms. The van der Waals surface area contributed by atoms with Gasteiger partial charge in [-0.1, -0.05) is 30.3 Å². The Hall–Kier alpha value is -1.79. The molecule has 11 heteroatoms. The van der Waals surface area contributed by atoms with Gasteiger partial charge in [-0.05, 0) is 17.7 Å². The van der Waals surface area contributed by atoms with Crippen LogP contribution in [-0.4, -0.2) is 14.2 Å². The molecule has 1 aliphatic heterocycles. The van der Waals surface area contributed by atoms with Gasteiger partial charge in [0.25, 0.3) is 5.69 Å². The largest absolute Gasteiger partial charge is 0.269 e. The SMILES string of the molecule is O=[N+]([O-])c1ccc(C2=NSC(c3ccccc3)=S2O[Cl+3]([O-])([O-])[O-])cc1. The normalized spacial score (nSPS) is 17.5. The van der Waals surface area contributed by atoms with Gasteiger partial charge in [0.1, 0.15) is 13.0 Å². The van der Waals surface area contributed by atoms with Crippen molar-refractivity contribution in [3.05, 3.63) is 75.8 Å². The van der Waals surface area contributed by atoms with Crippen LogP contribution < -0.4 is 14.0 Å². The van der Waals surface area contributed by atoms with Crippen LogP contribution in [0.25, 0.3) is 0 Å². The summed E-state index contributed by atoms with van der Waals surface area (Å²) in [5.41, 5.74) is 0.999. The number of hydrogen-bond acceptors (Lipinski definition) is 8. The summed E-state index contributed by atoms with van der Waals surface area (Å²) >= 11 is 1.01. The monoisotopic (exact) mass is 400 g/mol. The number of halogens is 1. The Morgan fingerprint density at radius 1 is 1.00 bits per heavy atom. The average Bonchev–Trinajstić information content (AvgIpc) is 2.97. The maximum absolute atomic E-state index is 11.1. The number of benzene rings is 2. The third kappa shape index (κ3) is 4.25. The predicted molar refractivity (Wildman–Crippen MR) is 86.5 cm³/mol. The summed E-state index contributed by atoms with van der Waals surface area (Å²) in [5, 5.41) is 11.0. The van der Waals surface area contributed by atoms with Crippen molar-refractivity contribution in [3.8, 4) is 0 Å². The molecule has 0 saturated heterocycles. The fraction of sp³-hybridized carbons (Fsp3) is 0. The summed E-state index contributed by atoms with van der Waals surface area (Å²) in [4.78, 5) is 10.2. The van der Waals surface area contributed by atoms with Gasteiger partial charge >= 0.3 is 0 Å². The van der Waals surface area contributed by atoms with E-state index in [-0.39, 0.29) is 10.7 Å². The number of hydrogen-bond donors (Lipinski definition) is 0. The van der Waals surface area contributed by atoms with E-state index < -0.39 is 25.9 Å². The number of nitro groups is 1. The van der Waals surface area contributed by atoms with Crippen molar-refractivity contribution in [2.45, 2.75) is 0 Å². The topological polar surface area (TPSA) is 134 Å². The van der Waals surface area contributed by atoms with Gasteiger partial charge < -0.3 is 0 Å². The third-order valence-corrected chi connectivity index (χ3v) is 6.87. The molecule has 1 atom stereocenters. The number of nitrogens with zero attached hydrogens (tertiary/aromatic N) is 2. The zero-order valence-corrected chi connectivity index (χ0v) is 14.6. The molecule has 25 heavy (non-hydrogen) atoms. The van der Waals surface area contributed by atoms with E-state index in [1.54, 1.807) is 30.3 Å². The van der Waals surface area contributed by atoms with Crippen LogP contribution in [0, 0.1) is 20.4 Å². The van der Waals surface area contributed by atoms with Crippen molar-refractivity contribution in [3.63, 3.8) is 0 Å². The molecule has 0 aromatic heterocycles. The van der Waals surface area contributed by atoms with Gasteiger partial charge in [-0.2, -0.15) is 14.0 Å². The summed E-state index contributed by atoms with van der Waals surface area (Å²) in [6, 6.07) is 14.2. The molecule has 0 bridgehead atoms. The van der Waals surface area contributed by atoms with Crippen molar-refractivity contribution in [2.75, 3.05) is 0 Å². The van der Waals surface area contributed by atoms with Gasteiger partial charge in [0.15, 0.2) is 10.8 Å². The summed E-state index contributed by atoms with van der Waals surface area (Å²) < 4.78 is 42.7. The molecule has 0 radical (unpaired) electrons. The van der Waals surface area contributed by atoms with Crippen LogP contribution in [0.15, 0.2) is 59.0 Å². The first-order valence-corrected chi connectivity index (χ1v) is 9.78. The zero-order valence-electron chi connectivity index (χ0n) is 12.2. The molecule has 0 fully saturated rings. The molecule has 0 N–H and O–H groups in total. The van der Waals surface area contributed by atoms with Gasteiger partial charge in [-0.3, -0.25) is 10.1 Å². The summed E-state index contributed by atoms with van der Waals surface area (Å²) in [6.07, 6.45) is 0. The lowest BCUT2D eigenvalue weighted by molar-refractivity contribution is -1.91. The smallest absolute Gasteiger partial charge is 0.258 e. The lowest BCUT2D eigenvalue weighted by Gasteiger charge is -2.14. The Morgan fingerprint density at radius 2 is 1.64 bits per heavy atom. The van der Waals surface area contributed by atoms with Crippen LogP contribution in [0.1, 0.15) is 11.1 Å². The van der Waals surface area contributed by atoms with E-state index in [9.17, 15) is 24.1 Å². The highest BCUT2D eigenvalue weighted by Gasteiger charge is 2.35. The Morgan fingerprint density at radius 3 is 2.20 bits per heavy atom. The quantitative estimate of drug-likeness (QED) is 0.304. The first-order valence-electron chi connectivity index (χ1n) is 6.62. The van der Waals surface area contributed by atoms with Crippen molar-refractivity contribution in [1.82, 2.24) is 0 Å². The molecule has 2 aromatic carbocycles. The first kappa shape index (κ1) is 18.0.